The second kappa shape index (κ2) is 7.96. The molecule has 10 heteroatoms. The molecule has 1 aliphatic heterocycles. The van der Waals surface area contributed by atoms with E-state index in [1.807, 2.05) is 0 Å². The third-order valence-corrected chi connectivity index (χ3v) is 4.54. The molecule has 0 atom stereocenters. The molecule has 2 N–H and O–H groups in total. The van der Waals surface area contributed by atoms with Crippen molar-refractivity contribution in [2.75, 3.05) is 18.7 Å². The number of fused-ring (bicyclic) bond motifs is 2. The van der Waals surface area contributed by atoms with Crippen molar-refractivity contribution in [1.82, 2.24) is 5.32 Å². The Labute approximate surface area is 174 Å². The summed E-state index contributed by atoms with van der Waals surface area (Å²) in [5.41, 5.74) is 0.896. The van der Waals surface area contributed by atoms with E-state index in [4.69, 9.17) is 30.2 Å². The number of ether oxygens (including phenoxy) is 3. The number of halogens is 1. The van der Waals surface area contributed by atoms with E-state index >= 15 is 0 Å². The highest BCUT2D eigenvalue weighted by Crippen LogP contribution is 2.34. The third-order valence-electron chi connectivity index (χ3n) is 4.25. The molecule has 30 heavy (non-hydrogen) atoms. The fraction of sp³-hybridized carbons (Fsp3) is 0.150. The summed E-state index contributed by atoms with van der Waals surface area (Å²) in [4.78, 5) is 35.6. The molecule has 9 nitrogen and oxygen atoms in total. The average Bonchev–Trinajstić information content (AvgIpc) is 3.14. The molecule has 0 aliphatic carbocycles. The van der Waals surface area contributed by atoms with Crippen molar-refractivity contribution in [1.29, 1.82) is 0 Å². The van der Waals surface area contributed by atoms with Gasteiger partial charge in [0.1, 0.15) is 11.3 Å². The number of carbonyl (C=O) groups is 2. The van der Waals surface area contributed by atoms with Gasteiger partial charge in [0.05, 0.1) is 5.02 Å². The zero-order valence-corrected chi connectivity index (χ0v) is 16.4. The number of benzene rings is 2. The van der Waals surface area contributed by atoms with Crippen LogP contribution in [-0.4, -0.2) is 25.3 Å². The van der Waals surface area contributed by atoms with Crippen molar-refractivity contribution < 1.29 is 28.2 Å². The Morgan fingerprint density at radius 3 is 2.77 bits per heavy atom. The van der Waals surface area contributed by atoms with Gasteiger partial charge in [0, 0.05) is 29.3 Å². The summed E-state index contributed by atoms with van der Waals surface area (Å²) in [6.45, 7) is 1.39. The van der Waals surface area contributed by atoms with Gasteiger partial charge in [0.15, 0.2) is 18.1 Å². The summed E-state index contributed by atoms with van der Waals surface area (Å²) in [6, 6.07) is 8.44. The van der Waals surface area contributed by atoms with Crippen molar-refractivity contribution in [3.63, 3.8) is 0 Å². The van der Waals surface area contributed by atoms with Crippen LogP contribution in [0.15, 0.2) is 45.6 Å². The zero-order valence-electron chi connectivity index (χ0n) is 15.6. The van der Waals surface area contributed by atoms with Crippen molar-refractivity contribution in [3.05, 3.63) is 57.4 Å². The van der Waals surface area contributed by atoms with Crippen molar-refractivity contribution in [3.8, 4) is 17.2 Å². The van der Waals surface area contributed by atoms with Gasteiger partial charge in [-0.1, -0.05) is 11.6 Å². The van der Waals surface area contributed by atoms with Gasteiger partial charge in [-0.15, -0.1) is 0 Å². The number of amides is 3. The number of carbonyl (C=O) groups excluding carboxylic acids is 2. The summed E-state index contributed by atoms with van der Waals surface area (Å²) in [7, 11) is 0. The molecule has 2 aromatic carbocycles. The van der Waals surface area contributed by atoms with E-state index < -0.39 is 24.2 Å². The van der Waals surface area contributed by atoms with E-state index in [1.54, 1.807) is 31.2 Å². The first-order chi connectivity index (χ1) is 14.4. The molecule has 1 aliphatic rings. The van der Waals surface area contributed by atoms with Crippen LogP contribution in [0.3, 0.4) is 0 Å². The Morgan fingerprint density at radius 2 is 1.93 bits per heavy atom. The molecule has 154 valence electrons. The summed E-state index contributed by atoms with van der Waals surface area (Å²) in [5, 5.41) is 5.54. The lowest BCUT2D eigenvalue weighted by molar-refractivity contribution is -0.121. The second-order valence-corrected chi connectivity index (χ2v) is 6.79. The van der Waals surface area contributed by atoms with Gasteiger partial charge in [0.25, 0.3) is 5.91 Å². The lowest BCUT2D eigenvalue weighted by atomic mass is 10.1. The van der Waals surface area contributed by atoms with Gasteiger partial charge in [0.2, 0.25) is 6.79 Å². The Hall–Kier alpha value is -3.72. The zero-order chi connectivity index (χ0) is 21.3. The Kier molecular flexibility index (Phi) is 5.20. The first kappa shape index (κ1) is 19.6. The van der Waals surface area contributed by atoms with Gasteiger partial charge >= 0.3 is 11.7 Å². The molecule has 4 rings (SSSR count). The molecule has 2 heterocycles. The smallest absolute Gasteiger partial charge is 0.336 e. The molecule has 0 fully saturated rings. The van der Waals surface area contributed by atoms with Crippen LogP contribution in [-0.2, 0) is 4.79 Å². The highest BCUT2D eigenvalue weighted by Gasteiger charge is 2.16. The van der Waals surface area contributed by atoms with E-state index in [1.165, 1.54) is 12.1 Å². The monoisotopic (exact) mass is 430 g/mol. The van der Waals surface area contributed by atoms with Gasteiger partial charge in [-0.25, -0.2) is 9.59 Å². The summed E-state index contributed by atoms with van der Waals surface area (Å²) in [6.07, 6.45) is 0. The molecule has 1 aromatic heterocycles. The van der Waals surface area contributed by atoms with Crippen LogP contribution < -0.4 is 30.5 Å². The fourth-order valence-corrected chi connectivity index (χ4v) is 3.09. The molecule has 0 saturated heterocycles. The number of aryl methyl sites for hydroxylation is 1. The predicted molar refractivity (Wildman–Crippen MR) is 107 cm³/mol. The Balaban J connectivity index is 1.37. The van der Waals surface area contributed by atoms with Crippen LogP contribution in [0.4, 0.5) is 10.5 Å². The molecule has 0 unspecified atom stereocenters. The number of nitrogens with one attached hydrogen (secondary N) is 2. The van der Waals surface area contributed by atoms with Gasteiger partial charge in [-0.3, -0.25) is 10.1 Å². The molecule has 3 aromatic rings. The van der Waals surface area contributed by atoms with Crippen molar-refractivity contribution in [2.24, 2.45) is 0 Å². The van der Waals surface area contributed by atoms with Crippen LogP contribution >= 0.6 is 11.6 Å². The van der Waals surface area contributed by atoms with E-state index in [2.05, 4.69) is 10.6 Å². The fourth-order valence-electron chi connectivity index (χ4n) is 2.87. The first-order valence-corrected chi connectivity index (χ1v) is 9.14. The predicted octanol–water partition coefficient (Wildman–Crippen LogP) is 3.21. The highest BCUT2D eigenvalue weighted by molar-refractivity contribution is 6.32. The van der Waals surface area contributed by atoms with Crippen molar-refractivity contribution >= 4 is 40.2 Å². The van der Waals surface area contributed by atoms with E-state index in [9.17, 15) is 14.4 Å². The quantitative estimate of drug-likeness (QED) is 0.610. The maximum absolute atomic E-state index is 12.0. The molecule has 0 saturated carbocycles. The van der Waals surface area contributed by atoms with Crippen LogP contribution in [0.5, 0.6) is 17.2 Å². The largest absolute Gasteiger partial charge is 0.482 e. The Bertz CT molecular complexity index is 1220. The minimum atomic E-state index is -0.742. The van der Waals surface area contributed by atoms with Gasteiger partial charge < -0.3 is 23.9 Å². The third kappa shape index (κ3) is 4.15. The van der Waals surface area contributed by atoms with E-state index in [0.29, 0.717) is 28.1 Å². The molecule has 0 bridgehead atoms. The number of hydrogen-bond donors (Lipinski definition) is 2. The highest BCUT2D eigenvalue weighted by atomic mass is 35.5. The second-order valence-electron chi connectivity index (χ2n) is 6.39. The van der Waals surface area contributed by atoms with Crippen molar-refractivity contribution in [2.45, 2.75) is 6.92 Å². The maximum Gasteiger partial charge on any atom is 0.336 e. The van der Waals surface area contributed by atoms with Gasteiger partial charge in [-0.05, 0) is 30.7 Å². The van der Waals surface area contributed by atoms with E-state index in [0.717, 1.165) is 0 Å². The minimum Gasteiger partial charge on any atom is -0.482 e. The molecule has 0 radical (unpaired) electrons. The topological polar surface area (TPSA) is 116 Å². The number of hydrogen-bond acceptors (Lipinski definition) is 7. The normalized spacial score (nSPS) is 11.9. The summed E-state index contributed by atoms with van der Waals surface area (Å²) in [5.74, 6) is 0.512. The first-order valence-electron chi connectivity index (χ1n) is 8.76. The number of anilines is 1. The van der Waals surface area contributed by atoms with E-state index in [-0.39, 0.29) is 23.1 Å². The number of rotatable bonds is 4. The van der Waals surface area contributed by atoms with Gasteiger partial charge in [-0.2, -0.15) is 0 Å². The Morgan fingerprint density at radius 1 is 1.13 bits per heavy atom. The minimum absolute atomic E-state index is 0.112. The number of imide groups is 1. The molecule has 0 spiro atoms. The molecule has 3 amide bonds. The standard InChI is InChI=1S/C20H15ClN2O7/c1-10-4-19(25)30-15-7-16(13(21)6-12(10)15)27-8-18(24)23-20(26)22-11-2-3-14-17(5-11)29-9-28-14/h2-7H,8-9H2,1H3,(H2,22,23,24,26). The summed E-state index contributed by atoms with van der Waals surface area (Å²) >= 11 is 6.18. The number of urea groups is 1. The molecular weight excluding hydrogens is 416 g/mol. The van der Waals surface area contributed by atoms with Crippen LogP contribution in [0, 0.1) is 6.92 Å². The van der Waals surface area contributed by atoms with Crippen LogP contribution in [0.1, 0.15) is 5.56 Å². The van der Waals surface area contributed by atoms with Crippen LogP contribution in [0.25, 0.3) is 11.0 Å². The molecular formula is C20H15ClN2O7. The summed E-state index contributed by atoms with van der Waals surface area (Å²) < 4.78 is 20.9. The lowest BCUT2D eigenvalue weighted by Gasteiger charge is -2.10. The maximum atomic E-state index is 12.0. The lowest BCUT2D eigenvalue weighted by Crippen LogP contribution is -2.37. The van der Waals surface area contributed by atoms with Crippen LogP contribution in [0.2, 0.25) is 5.02 Å². The SMILES string of the molecule is Cc1cc(=O)oc2cc(OCC(=O)NC(=O)Nc3ccc4c(c3)OCO4)c(Cl)cc12. The average molecular weight is 431 g/mol.